The van der Waals surface area contributed by atoms with Gasteiger partial charge in [-0.2, -0.15) is 0 Å². The fourth-order valence-corrected chi connectivity index (χ4v) is 5.40. The standard InChI is InChI=1S/C18H25Cl2N3O3S/c1-3-27(25,26)22(2)12-8-10-23(11-9-12)18(24)21-16-7-5-14-13(16)4-6-15(19)17(14)20/h4,6,12,16H,3,5,7-11H2,1-2H3,(H,21,24). The van der Waals surface area contributed by atoms with Crippen molar-refractivity contribution in [3.05, 3.63) is 33.3 Å². The van der Waals surface area contributed by atoms with Gasteiger partial charge in [0.1, 0.15) is 0 Å². The maximum atomic E-state index is 12.7. The summed E-state index contributed by atoms with van der Waals surface area (Å²) in [6.07, 6.45) is 2.88. The molecule has 1 N–H and O–H groups in total. The second kappa shape index (κ2) is 8.15. The Morgan fingerprint density at radius 2 is 1.93 bits per heavy atom. The summed E-state index contributed by atoms with van der Waals surface area (Å²) in [4.78, 5) is 14.4. The molecule has 0 saturated carbocycles. The lowest BCUT2D eigenvalue weighted by atomic mass is 10.1. The van der Waals surface area contributed by atoms with Crippen molar-refractivity contribution in [2.75, 3.05) is 25.9 Å². The van der Waals surface area contributed by atoms with E-state index in [2.05, 4.69) is 5.32 Å². The first-order valence-electron chi connectivity index (χ1n) is 9.22. The van der Waals surface area contributed by atoms with Crippen LogP contribution in [0, 0.1) is 0 Å². The summed E-state index contributed by atoms with van der Waals surface area (Å²) >= 11 is 12.3. The molecule has 1 heterocycles. The van der Waals surface area contributed by atoms with Crippen LogP contribution in [0.4, 0.5) is 4.79 Å². The van der Waals surface area contributed by atoms with Gasteiger partial charge >= 0.3 is 6.03 Å². The lowest BCUT2D eigenvalue weighted by Gasteiger charge is -2.36. The number of halogens is 2. The Morgan fingerprint density at radius 3 is 2.56 bits per heavy atom. The summed E-state index contributed by atoms with van der Waals surface area (Å²) in [5, 5.41) is 4.20. The maximum Gasteiger partial charge on any atom is 0.317 e. The molecule has 1 aliphatic carbocycles. The summed E-state index contributed by atoms with van der Waals surface area (Å²) in [5.74, 6) is 0.0951. The number of carbonyl (C=O) groups is 1. The van der Waals surface area contributed by atoms with Crippen LogP contribution in [0.25, 0.3) is 0 Å². The number of fused-ring (bicyclic) bond motifs is 1. The number of sulfonamides is 1. The van der Waals surface area contributed by atoms with Crippen molar-refractivity contribution in [2.45, 2.75) is 44.7 Å². The van der Waals surface area contributed by atoms with Crippen LogP contribution in [-0.4, -0.2) is 55.6 Å². The number of likely N-dealkylation sites (tertiary alicyclic amines) is 1. The molecule has 1 unspecified atom stereocenters. The van der Waals surface area contributed by atoms with E-state index in [0.717, 1.165) is 24.0 Å². The largest absolute Gasteiger partial charge is 0.331 e. The van der Waals surface area contributed by atoms with E-state index in [1.54, 1.807) is 24.9 Å². The van der Waals surface area contributed by atoms with Gasteiger partial charge in [0.15, 0.2) is 0 Å². The predicted molar refractivity (Wildman–Crippen MR) is 108 cm³/mol. The molecule has 0 aromatic heterocycles. The number of urea groups is 1. The summed E-state index contributed by atoms with van der Waals surface area (Å²) < 4.78 is 25.5. The van der Waals surface area contributed by atoms with Gasteiger partial charge in [-0.15, -0.1) is 0 Å². The normalized spacial score (nSPS) is 20.8. The van der Waals surface area contributed by atoms with Gasteiger partial charge in [-0.05, 0) is 49.8 Å². The molecule has 1 fully saturated rings. The fourth-order valence-electron chi connectivity index (χ4n) is 3.89. The number of nitrogens with zero attached hydrogens (tertiary/aromatic N) is 2. The summed E-state index contributed by atoms with van der Waals surface area (Å²) in [6.45, 7) is 2.73. The molecule has 6 nitrogen and oxygen atoms in total. The Bertz CT molecular complexity index is 823. The molecule has 1 aromatic rings. The fraction of sp³-hybridized carbons (Fsp3) is 0.611. The molecule has 9 heteroatoms. The zero-order valence-corrected chi connectivity index (χ0v) is 17.9. The van der Waals surface area contributed by atoms with E-state index in [1.165, 1.54) is 4.31 Å². The topological polar surface area (TPSA) is 69.7 Å². The van der Waals surface area contributed by atoms with Crippen LogP contribution in [0.2, 0.25) is 10.0 Å². The highest BCUT2D eigenvalue weighted by Crippen LogP contribution is 2.39. The van der Waals surface area contributed by atoms with Crippen LogP contribution in [-0.2, 0) is 16.4 Å². The van der Waals surface area contributed by atoms with E-state index in [4.69, 9.17) is 23.2 Å². The van der Waals surface area contributed by atoms with Crippen LogP contribution in [0.1, 0.15) is 43.4 Å². The highest BCUT2D eigenvalue weighted by atomic mass is 35.5. The first-order chi connectivity index (χ1) is 12.7. The third-order valence-electron chi connectivity index (χ3n) is 5.66. The molecule has 0 bridgehead atoms. The number of amides is 2. The van der Waals surface area contributed by atoms with Crippen LogP contribution in [0.5, 0.6) is 0 Å². The lowest BCUT2D eigenvalue weighted by Crippen LogP contribution is -2.50. The van der Waals surface area contributed by atoms with E-state index in [1.807, 2.05) is 6.07 Å². The van der Waals surface area contributed by atoms with Crippen LogP contribution in [0.15, 0.2) is 12.1 Å². The number of hydrogen-bond acceptors (Lipinski definition) is 3. The van der Waals surface area contributed by atoms with Crippen molar-refractivity contribution < 1.29 is 13.2 Å². The molecule has 2 aliphatic rings. The molecule has 0 spiro atoms. The zero-order valence-electron chi connectivity index (χ0n) is 15.5. The van der Waals surface area contributed by atoms with Gasteiger partial charge in [0.25, 0.3) is 0 Å². The van der Waals surface area contributed by atoms with Crippen molar-refractivity contribution in [2.24, 2.45) is 0 Å². The monoisotopic (exact) mass is 433 g/mol. The van der Waals surface area contributed by atoms with Gasteiger partial charge < -0.3 is 10.2 Å². The minimum atomic E-state index is -3.20. The minimum Gasteiger partial charge on any atom is -0.331 e. The minimum absolute atomic E-state index is 0.0489. The summed E-state index contributed by atoms with van der Waals surface area (Å²) in [6, 6.07) is 3.47. The number of benzene rings is 1. The zero-order chi connectivity index (χ0) is 19.8. The molecular formula is C18H25Cl2N3O3S. The molecule has 0 radical (unpaired) electrons. The van der Waals surface area contributed by atoms with Gasteiger partial charge in [0, 0.05) is 26.2 Å². The molecule has 150 valence electrons. The van der Waals surface area contributed by atoms with Gasteiger partial charge in [-0.3, -0.25) is 0 Å². The number of nitrogens with one attached hydrogen (secondary N) is 1. The predicted octanol–water partition coefficient (Wildman–Crippen LogP) is 3.44. The van der Waals surface area contributed by atoms with E-state index >= 15 is 0 Å². The van der Waals surface area contributed by atoms with Gasteiger partial charge in [-0.25, -0.2) is 17.5 Å². The Balaban J connectivity index is 1.58. The molecule has 1 aliphatic heterocycles. The molecule has 3 rings (SSSR count). The highest BCUT2D eigenvalue weighted by Gasteiger charge is 2.32. The van der Waals surface area contributed by atoms with E-state index < -0.39 is 10.0 Å². The van der Waals surface area contributed by atoms with E-state index in [9.17, 15) is 13.2 Å². The van der Waals surface area contributed by atoms with Crippen molar-refractivity contribution in [1.82, 2.24) is 14.5 Å². The average molecular weight is 434 g/mol. The third kappa shape index (κ3) is 4.21. The first kappa shape index (κ1) is 20.7. The smallest absolute Gasteiger partial charge is 0.317 e. The molecule has 1 saturated heterocycles. The lowest BCUT2D eigenvalue weighted by molar-refractivity contribution is 0.161. The van der Waals surface area contributed by atoms with Gasteiger partial charge in [0.2, 0.25) is 10.0 Å². The molecule has 27 heavy (non-hydrogen) atoms. The maximum absolute atomic E-state index is 12.7. The quantitative estimate of drug-likeness (QED) is 0.790. The number of rotatable bonds is 4. The van der Waals surface area contributed by atoms with E-state index in [0.29, 0.717) is 36.0 Å². The van der Waals surface area contributed by atoms with Crippen molar-refractivity contribution >= 4 is 39.3 Å². The Kier molecular flexibility index (Phi) is 6.25. The van der Waals surface area contributed by atoms with Crippen molar-refractivity contribution in [3.8, 4) is 0 Å². The Labute approximate surface area is 170 Å². The van der Waals surface area contributed by atoms with Crippen LogP contribution in [0.3, 0.4) is 0 Å². The second-order valence-electron chi connectivity index (χ2n) is 7.10. The highest BCUT2D eigenvalue weighted by molar-refractivity contribution is 7.89. The Hall–Kier alpha value is -1.02. The Morgan fingerprint density at radius 1 is 1.26 bits per heavy atom. The van der Waals surface area contributed by atoms with Crippen LogP contribution < -0.4 is 5.32 Å². The number of hydrogen-bond donors (Lipinski definition) is 1. The number of piperidine rings is 1. The van der Waals surface area contributed by atoms with Crippen molar-refractivity contribution in [1.29, 1.82) is 0 Å². The van der Waals surface area contributed by atoms with E-state index in [-0.39, 0.29) is 23.9 Å². The van der Waals surface area contributed by atoms with Crippen molar-refractivity contribution in [3.63, 3.8) is 0 Å². The molecule has 1 atom stereocenters. The van der Waals surface area contributed by atoms with Gasteiger partial charge in [-0.1, -0.05) is 29.3 Å². The molecular weight excluding hydrogens is 409 g/mol. The van der Waals surface area contributed by atoms with Gasteiger partial charge in [0.05, 0.1) is 21.8 Å². The summed E-state index contributed by atoms with van der Waals surface area (Å²) in [5.41, 5.74) is 2.04. The molecule has 2 amide bonds. The molecule has 1 aromatic carbocycles. The summed E-state index contributed by atoms with van der Waals surface area (Å²) in [7, 11) is -1.58. The SMILES string of the molecule is CCS(=O)(=O)N(C)C1CCN(C(=O)NC2CCc3c2ccc(Cl)c3Cl)CC1. The van der Waals surface area contributed by atoms with Crippen LogP contribution >= 0.6 is 23.2 Å². The second-order valence-corrected chi connectivity index (χ2v) is 10.2. The first-order valence-corrected chi connectivity index (χ1v) is 11.6. The number of carbonyl (C=O) groups excluding carboxylic acids is 1. The average Bonchev–Trinajstić information content (AvgIpc) is 3.07. The third-order valence-corrected chi connectivity index (χ3v) is 8.41.